The molecule has 0 saturated heterocycles. The first-order chi connectivity index (χ1) is 6.43. The van der Waals surface area contributed by atoms with Crippen LogP contribution in [0.2, 0.25) is 0 Å². The van der Waals surface area contributed by atoms with E-state index in [1.807, 2.05) is 0 Å². The minimum Gasteiger partial charge on any atom is -0.396 e. The first-order valence-corrected chi connectivity index (χ1v) is 4.54. The molecule has 1 aromatic rings. The molecule has 4 N–H and O–H groups in total. The molecule has 1 unspecified atom stereocenters. The maximum atomic E-state index is 11.6. The quantitative estimate of drug-likeness (QED) is 0.719. The van der Waals surface area contributed by atoms with Crippen molar-refractivity contribution >= 4 is 11.6 Å². The van der Waals surface area contributed by atoms with Gasteiger partial charge in [0.05, 0.1) is 17.1 Å². The normalized spacial score (nSPS) is 12.9. The lowest BCUT2D eigenvalue weighted by Gasteiger charge is -2.05. The maximum absolute atomic E-state index is 11.6. The van der Waals surface area contributed by atoms with Crippen molar-refractivity contribution < 1.29 is 4.79 Å². The number of hydrogen-bond acceptors (Lipinski definition) is 4. The van der Waals surface area contributed by atoms with Gasteiger partial charge in [0, 0.05) is 12.5 Å². The van der Waals surface area contributed by atoms with Crippen molar-refractivity contribution in [3.05, 3.63) is 11.4 Å². The number of nitrogens with zero attached hydrogens (tertiary/aromatic N) is 2. The third kappa shape index (κ3) is 1.93. The van der Waals surface area contributed by atoms with Crippen LogP contribution in [0, 0.1) is 13.8 Å². The summed E-state index contributed by atoms with van der Waals surface area (Å²) in [6, 6.07) is -0.160. The number of nitrogens with two attached hydrogens (primary N) is 2. The van der Waals surface area contributed by atoms with Crippen molar-refractivity contribution in [2.75, 3.05) is 5.73 Å². The fourth-order valence-electron chi connectivity index (χ4n) is 1.26. The highest BCUT2D eigenvalue weighted by molar-refractivity contribution is 5.80. The van der Waals surface area contributed by atoms with Crippen LogP contribution in [0.25, 0.3) is 0 Å². The smallest absolute Gasteiger partial charge is 0.248 e. The Hall–Kier alpha value is -1.36. The highest BCUT2D eigenvalue weighted by atomic mass is 16.2. The molecule has 1 aromatic heterocycles. The van der Waals surface area contributed by atoms with Crippen LogP contribution in [0.3, 0.4) is 0 Å². The van der Waals surface area contributed by atoms with Crippen molar-refractivity contribution in [1.29, 1.82) is 0 Å². The van der Waals surface area contributed by atoms with Crippen molar-refractivity contribution in [3.63, 3.8) is 0 Å². The molecule has 0 aromatic carbocycles. The summed E-state index contributed by atoms with van der Waals surface area (Å²) in [5, 5.41) is 4.05. The molecule has 78 valence electrons. The minimum atomic E-state index is -0.160. The van der Waals surface area contributed by atoms with E-state index in [1.54, 1.807) is 20.8 Å². The van der Waals surface area contributed by atoms with E-state index in [9.17, 15) is 4.79 Å². The van der Waals surface area contributed by atoms with E-state index in [0.29, 0.717) is 17.1 Å². The van der Waals surface area contributed by atoms with Gasteiger partial charge in [0.25, 0.3) is 0 Å². The summed E-state index contributed by atoms with van der Waals surface area (Å²) >= 11 is 0. The van der Waals surface area contributed by atoms with Crippen LogP contribution < -0.4 is 11.5 Å². The Morgan fingerprint density at radius 3 is 2.50 bits per heavy atom. The number of nitrogen functional groups attached to an aromatic ring is 1. The zero-order chi connectivity index (χ0) is 10.9. The molecule has 0 aliphatic heterocycles. The molecule has 1 heterocycles. The van der Waals surface area contributed by atoms with E-state index in [2.05, 4.69) is 5.10 Å². The van der Waals surface area contributed by atoms with Crippen LogP contribution in [-0.2, 0) is 0 Å². The van der Waals surface area contributed by atoms with Crippen molar-refractivity contribution in [2.45, 2.75) is 33.2 Å². The van der Waals surface area contributed by atoms with E-state index in [-0.39, 0.29) is 18.4 Å². The van der Waals surface area contributed by atoms with Crippen molar-refractivity contribution in [2.24, 2.45) is 5.73 Å². The number of carbonyl (C=O) groups excluding carboxylic acids is 1. The van der Waals surface area contributed by atoms with E-state index in [1.165, 1.54) is 4.68 Å². The topological polar surface area (TPSA) is 86.9 Å². The first-order valence-electron chi connectivity index (χ1n) is 4.54. The molecule has 1 rings (SSSR count). The predicted octanol–water partition coefficient (Wildman–Crippen LogP) is 0.460. The molecule has 5 nitrogen and oxygen atoms in total. The van der Waals surface area contributed by atoms with Gasteiger partial charge in [-0.1, -0.05) is 0 Å². The molecule has 0 bridgehead atoms. The van der Waals surface area contributed by atoms with Gasteiger partial charge in [-0.05, 0) is 20.8 Å². The van der Waals surface area contributed by atoms with Gasteiger partial charge in [-0.25, -0.2) is 4.68 Å². The second-order valence-electron chi connectivity index (χ2n) is 3.57. The molecule has 0 fully saturated rings. The Labute approximate surface area is 83.1 Å². The van der Waals surface area contributed by atoms with Gasteiger partial charge in [-0.3, -0.25) is 4.79 Å². The van der Waals surface area contributed by atoms with Gasteiger partial charge >= 0.3 is 0 Å². The van der Waals surface area contributed by atoms with Crippen molar-refractivity contribution in [1.82, 2.24) is 9.78 Å². The molecular weight excluding hydrogens is 180 g/mol. The van der Waals surface area contributed by atoms with Gasteiger partial charge in [0.2, 0.25) is 5.91 Å². The molecule has 14 heavy (non-hydrogen) atoms. The van der Waals surface area contributed by atoms with Crippen LogP contribution in [0.15, 0.2) is 0 Å². The molecule has 0 saturated carbocycles. The molecule has 0 aliphatic rings. The SMILES string of the molecule is Cc1nn(C(=O)CC(C)N)c(C)c1N. The zero-order valence-corrected chi connectivity index (χ0v) is 8.74. The largest absolute Gasteiger partial charge is 0.396 e. The fraction of sp³-hybridized carbons (Fsp3) is 0.556. The predicted molar refractivity (Wildman–Crippen MR) is 55.0 cm³/mol. The molecule has 0 radical (unpaired) electrons. The van der Waals surface area contributed by atoms with Gasteiger partial charge in [-0.15, -0.1) is 0 Å². The van der Waals surface area contributed by atoms with Gasteiger partial charge in [0.1, 0.15) is 0 Å². The molecule has 0 aliphatic carbocycles. The second kappa shape index (κ2) is 3.79. The lowest BCUT2D eigenvalue weighted by molar-refractivity contribution is 0.0877. The number of hydrogen-bond donors (Lipinski definition) is 2. The summed E-state index contributed by atoms with van der Waals surface area (Å²) in [5.74, 6) is -0.114. The van der Waals surface area contributed by atoms with E-state index in [4.69, 9.17) is 11.5 Å². The summed E-state index contributed by atoms with van der Waals surface area (Å²) in [6.07, 6.45) is 0.279. The summed E-state index contributed by atoms with van der Waals surface area (Å²) in [7, 11) is 0. The fourth-order valence-corrected chi connectivity index (χ4v) is 1.26. The van der Waals surface area contributed by atoms with Crippen LogP contribution in [-0.4, -0.2) is 21.7 Å². The number of anilines is 1. The lowest BCUT2D eigenvalue weighted by Crippen LogP contribution is -2.24. The third-order valence-electron chi connectivity index (χ3n) is 2.08. The number of aryl methyl sites for hydroxylation is 1. The minimum absolute atomic E-state index is 0.114. The van der Waals surface area contributed by atoms with Crippen LogP contribution in [0.1, 0.15) is 29.5 Å². The Morgan fingerprint density at radius 1 is 1.57 bits per heavy atom. The van der Waals surface area contributed by atoms with Crippen LogP contribution in [0.5, 0.6) is 0 Å². The Kier molecular flexibility index (Phi) is 2.90. The summed E-state index contributed by atoms with van der Waals surface area (Å²) in [6.45, 7) is 5.33. The lowest BCUT2D eigenvalue weighted by atomic mass is 10.2. The average Bonchev–Trinajstić information content (AvgIpc) is 2.32. The van der Waals surface area contributed by atoms with E-state index < -0.39 is 0 Å². The summed E-state index contributed by atoms with van der Waals surface area (Å²) in [5.41, 5.74) is 13.2. The standard InChI is InChI=1S/C9H16N4O/c1-5(10)4-8(14)13-7(3)9(11)6(2)12-13/h5H,4,10-11H2,1-3H3. The first kappa shape index (κ1) is 10.7. The monoisotopic (exact) mass is 196 g/mol. The maximum Gasteiger partial charge on any atom is 0.248 e. The highest BCUT2D eigenvalue weighted by Gasteiger charge is 2.15. The van der Waals surface area contributed by atoms with Crippen LogP contribution in [0.4, 0.5) is 5.69 Å². The molecule has 0 spiro atoms. The Balaban J connectivity index is 2.96. The van der Waals surface area contributed by atoms with Gasteiger partial charge in [-0.2, -0.15) is 5.10 Å². The molecular formula is C9H16N4O. The van der Waals surface area contributed by atoms with Crippen molar-refractivity contribution in [3.8, 4) is 0 Å². The Morgan fingerprint density at radius 2 is 2.14 bits per heavy atom. The van der Waals surface area contributed by atoms with Gasteiger partial charge in [0.15, 0.2) is 0 Å². The highest BCUT2D eigenvalue weighted by Crippen LogP contribution is 2.15. The summed E-state index contributed by atoms with van der Waals surface area (Å²) in [4.78, 5) is 11.6. The average molecular weight is 196 g/mol. The molecule has 5 heteroatoms. The number of rotatable bonds is 2. The van der Waals surface area contributed by atoms with E-state index in [0.717, 1.165) is 0 Å². The van der Waals surface area contributed by atoms with Crippen LogP contribution >= 0.6 is 0 Å². The number of carbonyl (C=O) groups is 1. The Bertz CT molecular complexity index is 354. The van der Waals surface area contributed by atoms with Gasteiger partial charge < -0.3 is 11.5 Å². The van der Waals surface area contributed by atoms with E-state index >= 15 is 0 Å². The molecule has 0 amide bonds. The number of aromatic nitrogens is 2. The molecule has 1 atom stereocenters. The summed E-state index contributed by atoms with van der Waals surface area (Å²) < 4.78 is 1.33. The third-order valence-corrected chi connectivity index (χ3v) is 2.08. The zero-order valence-electron chi connectivity index (χ0n) is 8.74. The second-order valence-corrected chi connectivity index (χ2v) is 3.57.